The maximum Gasteiger partial charge on any atom is 0.0594 e. The molecule has 0 aliphatic carbocycles. The third kappa shape index (κ3) is 6.96. The van der Waals surface area contributed by atoms with Gasteiger partial charge < -0.3 is 9.47 Å². The summed E-state index contributed by atoms with van der Waals surface area (Å²) in [4.78, 5) is 5.13. The molecule has 1 aromatic rings. The minimum absolute atomic E-state index is 0.0254. The highest BCUT2D eigenvalue weighted by Crippen LogP contribution is 2.36. The molecule has 2 aliphatic rings. The first-order chi connectivity index (χ1) is 12.4. The second kappa shape index (κ2) is 11.3. The number of hydrogen-bond acceptors (Lipinski definition) is 4. The van der Waals surface area contributed by atoms with Gasteiger partial charge in [-0.25, -0.2) is 0 Å². The Morgan fingerprint density at radius 3 is 1.68 bits per heavy atom. The summed E-state index contributed by atoms with van der Waals surface area (Å²) < 4.78 is 10.9. The van der Waals surface area contributed by atoms with Crippen molar-refractivity contribution >= 4 is 13.2 Å². The molecular weight excluding hydrogens is 331 g/mol. The molecule has 2 heterocycles. The molecule has 0 atom stereocenters. The van der Waals surface area contributed by atoms with E-state index < -0.39 is 0 Å². The quantitative estimate of drug-likeness (QED) is 0.628. The van der Waals surface area contributed by atoms with Gasteiger partial charge in [-0.15, -0.1) is 0 Å². The van der Waals surface area contributed by atoms with E-state index in [1.54, 1.807) is 5.30 Å². The molecule has 0 amide bonds. The summed E-state index contributed by atoms with van der Waals surface area (Å²) in [7, 11) is -0.0254. The van der Waals surface area contributed by atoms with E-state index >= 15 is 0 Å². The molecule has 0 radical (unpaired) electrons. The van der Waals surface area contributed by atoms with Gasteiger partial charge in [-0.05, 0) is 43.6 Å². The van der Waals surface area contributed by atoms with Gasteiger partial charge in [0.05, 0.1) is 26.4 Å². The largest absolute Gasteiger partial charge is 0.379 e. The Bertz CT molecular complexity index is 438. The van der Waals surface area contributed by atoms with Crippen LogP contribution in [0.2, 0.25) is 0 Å². The van der Waals surface area contributed by atoms with E-state index in [0.717, 1.165) is 52.6 Å². The predicted octanol–water partition coefficient (Wildman–Crippen LogP) is 2.24. The molecule has 2 saturated heterocycles. The normalized spacial score (nSPS) is 20.2. The fourth-order valence-corrected chi connectivity index (χ4v) is 6.01. The highest BCUT2D eigenvalue weighted by Gasteiger charge is 2.15. The van der Waals surface area contributed by atoms with E-state index in [-0.39, 0.29) is 7.92 Å². The van der Waals surface area contributed by atoms with Gasteiger partial charge in [0.2, 0.25) is 0 Å². The topological polar surface area (TPSA) is 24.9 Å². The van der Waals surface area contributed by atoms with Gasteiger partial charge in [0, 0.05) is 26.2 Å². The SMILES string of the molecule is c1ccc(P(CCCN2CCOCC2)CCCN2CCOCC2)cc1. The predicted molar refractivity (Wildman–Crippen MR) is 106 cm³/mol. The van der Waals surface area contributed by atoms with Crippen LogP contribution in [-0.2, 0) is 9.47 Å². The van der Waals surface area contributed by atoms with Crippen LogP contribution in [0.3, 0.4) is 0 Å². The molecule has 4 nitrogen and oxygen atoms in total. The zero-order valence-corrected chi connectivity index (χ0v) is 16.3. The second-order valence-corrected chi connectivity index (χ2v) is 9.43. The van der Waals surface area contributed by atoms with Gasteiger partial charge >= 0.3 is 0 Å². The van der Waals surface area contributed by atoms with Crippen LogP contribution in [0.1, 0.15) is 12.8 Å². The highest BCUT2D eigenvalue weighted by atomic mass is 31.1. The van der Waals surface area contributed by atoms with Crippen LogP contribution >= 0.6 is 7.92 Å². The monoisotopic (exact) mass is 364 g/mol. The van der Waals surface area contributed by atoms with Crippen LogP contribution < -0.4 is 5.30 Å². The molecule has 140 valence electrons. The molecule has 0 unspecified atom stereocenters. The number of benzene rings is 1. The van der Waals surface area contributed by atoms with Crippen molar-refractivity contribution in [3.8, 4) is 0 Å². The number of ether oxygens (including phenoxy) is 2. The summed E-state index contributed by atoms with van der Waals surface area (Å²) >= 11 is 0. The van der Waals surface area contributed by atoms with Crippen LogP contribution in [0.15, 0.2) is 30.3 Å². The van der Waals surface area contributed by atoms with Crippen molar-refractivity contribution in [2.75, 3.05) is 78.0 Å². The summed E-state index contributed by atoms with van der Waals surface area (Å²) in [6, 6.07) is 11.2. The van der Waals surface area contributed by atoms with E-state index in [2.05, 4.69) is 40.1 Å². The third-order valence-electron chi connectivity index (χ3n) is 5.13. The summed E-state index contributed by atoms with van der Waals surface area (Å²) in [5, 5.41) is 1.58. The van der Waals surface area contributed by atoms with Crippen LogP contribution in [0.4, 0.5) is 0 Å². The van der Waals surface area contributed by atoms with Gasteiger partial charge in [-0.1, -0.05) is 38.3 Å². The van der Waals surface area contributed by atoms with Crippen molar-refractivity contribution in [2.45, 2.75) is 12.8 Å². The first kappa shape index (κ1) is 19.3. The fourth-order valence-electron chi connectivity index (χ4n) is 3.63. The van der Waals surface area contributed by atoms with Crippen molar-refractivity contribution in [2.24, 2.45) is 0 Å². The van der Waals surface area contributed by atoms with Crippen molar-refractivity contribution in [1.82, 2.24) is 9.80 Å². The molecule has 5 heteroatoms. The third-order valence-corrected chi connectivity index (χ3v) is 7.87. The molecule has 0 N–H and O–H groups in total. The molecule has 2 fully saturated rings. The number of morpholine rings is 2. The minimum Gasteiger partial charge on any atom is -0.379 e. The van der Waals surface area contributed by atoms with Crippen molar-refractivity contribution in [3.05, 3.63) is 30.3 Å². The molecule has 2 aliphatic heterocycles. The van der Waals surface area contributed by atoms with E-state index in [9.17, 15) is 0 Å². The lowest BCUT2D eigenvalue weighted by Crippen LogP contribution is -2.37. The first-order valence-electron chi connectivity index (χ1n) is 9.82. The van der Waals surface area contributed by atoms with Crippen LogP contribution in [-0.4, -0.2) is 87.8 Å². The Morgan fingerprint density at radius 2 is 1.20 bits per heavy atom. The molecular formula is C20H33N2O2P. The van der Waals surface area contributed by atoms with Gasteiger partial charge in [0.25, 0.3) is 0 Å². The zero-order valence-electron chi connectivity index (χ0n) is 15.4. The summed E-state index contributed by atoms with van der Waals surface area (Å²) in [5.74, 6) is 0. The summed E-state index contributed by atoms with van der Waals surface area (Å²) in [5.41, 5.74) is 0. The smallest absolute Gasteiger partial charge is 0.0594 e. The van der Waals surface area contributed by atoms with Gasteiger partial charge in [0.1, 0.15) is 0 Å². The Kier molecular flexibility index (Phi) is 8.67. The minimum atomic E-state index is -0.0254. The Morgan fingerprint density at radius 1 is 0.720 bits per heavy atom. The fraction of sp³-hybridized carbons (Fsp3) is 0.700. The van der Waals surface area contributed by atoms with E-state index in [1.807, 2.05) is 0 Å². The number of rotatable bonds is 9. The average Bonchev–Trinajstić information content (AvgIpc) is 2.69. The van der Waals surface area contributed by atoms with E-state index in [1.165, 1.54) is 38.3 Å². The van der Waals surface area contributed by atoms with Crippen LogP contribution in [0.25, 0.3) is 0 Å². The van der Waals surface area contributed by atoms with Crippen molar-refractivity contribution in [3.63, 3.8) is 0 Å². The van der Waals surface area contributed by atoms with Gasteiger partial charge in [0.15, 0.2) is 0 Å². The first-order valence-corrected chi connectivity index (χ1v) is 11.5. The lowest BCUT2D eigenvalue weighted by Gasteiger charge is -2.28. The number of nitrogens with zero attached hydrogens (tertiary/aromatic N) is 2. The lowest BCUT2D eigenvalue weighted by molar-refractivity contribution is 0.0380. The molecule has 0 bridgehead atoms. The van der Waals surface area contributed by atoms with Gasteiger partial charge in [-0.3, -0.25) is 9.80 Å². The van der Waals surface area contributed by atoms with Crippen LogP contribution in [0.5, 0.6) is 0 Å². The van der Waals surface area contributed by atoms with E-state index in [0.29, 0.717) is 0 Å². The number of hydrogen-bond donors (Lipinski definition) is 0. The molecule has 3 rings (SSSR count). The standard InChI is InChI=1S/C20H33N2O2P/c1-2-6-20(7-3-1)25(18-4-8-21-10-14-23-15-11-21)19-5-9-22-12-16-24-17-13-22/h1-3,6-7H,4-5,8-19H2. The Hall–Kier alpha value is -0.510. The molecule has 1 aromatic carbocycles. The zero-order chi connectivity index (χ0) is 17.2. The molecule has 0 saturated carbocycles. The average molecular weight is 364 g/mol. The van der Waals surface area contributed by atoms with Crippen LogP contribution in [0, 0.1) is 0 Å². The molecule has 25 heavy (non-hydrogen) atoms. The lowest BCUT2D eigenvalue weighted by atomic mass is 10.3. The molecule has 0 spiro atoms. The maximum absolute atomic E-state index is 5.46. The van der Waals surface area contributed by atoms with Gasteiger partial charge in [-0.2, -0.15) is 0 Å². The Balaban J connectivity index is 1.43. The Labute approximate surface area is 154 Å². The maximum atomic E-state index is 5.46. The highest BCUT2D eigenvalue weighted by molar-refractivity contribution is 7.65. The summed E-state index contributed by atoms with van der Waals surface area (Å²) in [6.07, 6.45) is 5.36. The van der Waals surface area contributed by atoms with Crippen molar-refractivity contribution in [1.29, 1.82) is 0 Å². The summed E-state index contributed by atoms with van der Waals surface area (Å²) in [6.45, 7) is 10.6. The van der Waals surface area contributed by atoms with Crippen molar-refractivity contribution < 1.29 is 9.47 Å². The second-order valence-electron chi connectivity index (χ2n) is 6.94. The van der Waals surface area contributed by atoms with E-state index in [4.69, 9.17) is 9.47 Å². The molecule has 0 aromatic heterocycles.